The van der Waals surface area contributed by atoms with Crippen LogP contribution in [0.2, 0.25) is 0 Å². The van der Waals surface area contributed by atoms with Crippen LogP contribution in [-0.2, 0) is 4.79 Å². The summed E-state index contributed by atoms with van der Waals surface area (Å²) in [6.07, 6.45) is 1.80. The molecular weight excluding hydrogens is 237 g/mol. The molecule has 0 saturated heterocycles. The first-order valence-corrected chi connectivity index (χ1v) is 5.63. The summed E-state index contributed by atoms with van der Waals surface area (Å²) in [7, 11) is 0. The number of carbonyl (C=O) groups excluding carboxylic acids is 1. The maximum Gasteiger partial charge on any atom is 0.322 e. The highest BCUT2D eigenvalue weighted by atomic mass is 19.1. The summed E-state index contributed by atoms with van der Waals surface area (Å²) in [4.78, 5) is 11.5. The highest BCUT2D eigenvalue weighted by Crippen LogP contribution is 2.30. The van der Waals surface area contributed by atoms with Gasteiger partial charge in [-0.25, -0.2) is 4.39 Å². The fourth-order valence-corrected chi connectivity index (χ4v) is 1.56. The summed E-state index contributed by atoms with van der Waals surface area (Å²) >= 11 is 0. The Labute approximate surface area is 102 Å². The summed E-state index contributed by atoms with van der Waals surface area (Å²) in [6.45, 7) is 0. The predicted molar refractivity (Wildman–Crippen MR) is 61.0 cm³/mol. The average molecular weight is 247 g/mol. The van der Waals surface area contributed by atoms with Gasteiger partial charge < -0.3 is 4.42 Å². The molecule has 6 heteroatoms. The van der Waals surface area contributed by atoms with Crippen molar-refractivity contribution >= 4 is 11.9 Å². The number of rotatable bonds is 3. The van der Waals surface area contributed by atoms with Crippen molar-refractivity contribution in [1.82, 2.24) is 10.2 Å². The maximum atomic E-state index is 13.0. The molecule has 0 spiro atoms. The van der Waals surface area contributed by atoms with E-state index in [0.717, 1.165) is 12.8 Å². The van der Waals surface area contributed by atoms with Gasteiger partial charge in [0, 0.05) is 11.5 Å². The number of hydrogen-bond acceptors (Lipinski definition) is 4. The van der Waals surface area contributed by atoms with E-state index in [1.165, 1.54) is 12.1 Å². The Morgan fingerprint density at radius 3 is 2.94 bits per heavy atom. The first-order valence-electron chi connectivity index (χ1n) is 5.63. The van der Waals surface area contributed by atoms with Gasteiger partial charge in [-0.3, -0.25) is 10.1 Å². The molecule has 0 unspecified atom stereocenters. The standard InChI is InChI=1S/C12H10FN3O2/c13-9-3-1-2-8(6-9)11-15-16-12(18-11)14-10(17)7-4-5-7/h1-3,6-7H,4-5H2,(H,14,16,17). The largest absolute Gasteiger partial charge is 0.403 e. The Morgan fingerprint density at radius 2 is 2.22 bits per heavy atom. The molecule has 1 heterocycles. The Hall–Kier alpha value is -2.24. The first kappa shape index (κ1) is 10.9. The van der Waals surface area contributed by atoms with E-state index in [9.17, 15) is 9.18 Å². The predicted octanol–water partition coefficient (Wildman–Crippen LogP) is 2.22. The lowest BCUT2D eigenvalue weighted by Crippen LogP contribution is -2.13. The molecule has 3 rings (SSSR count). The van der Waals surface area contributed by atoms with Crippen molar-refractivity contribution in [3.05, 3.63) is 30.1 Å². The summed E-state index contributed by atoms with van der Waals surface area (Å²) in [5, 5.41) is 10.00. The zero-order valence-electron chi connectivity index (χ0n) is 9.39. The molecule has 1 aromatic carbocycles. The van der Waals surface area contributed by atoms with Crippen molar-refractivity contribution in [3.8, 4) is 11.5 Å². The second kappa shape index (κ2) is 4.21. The number of nitrogens with zero attached hydrogens (tertiary/aromatic N) is 2. The number of nitrogens with one attached hydrogen (secondary N) is 1. The third-order valence-corrected chi connectivity index (χ3v) is 2.67. The lowest BCUT2D eigenvalue weighted by molar-refractivity contribution is -0.117. The minimum absolute atomic E-state index is 0.0474. The molecule has 0 aliphatic heterocycles. The molecule has 1 amide bonds. The lowest BCUT2D eigenvalue weighted by Gasteiger charge is -1.96. The van der Waals surface area contributed by atoms with E-state index in [0.29, 0.717) is 5.56 Å². The lowest BCUT2D eigenvalue weighted by atomic mass is 10.2. The molecular formula is C12H10FN3O2. The van der Waals surface area contributed by atoms with Gasteiger partial charge >= 0.3 is 6.01 Å². The van der Waals surface area contributed by atoms with Gasteiger partial charge in [0.2, 0.25) is 11.8 Å². The molecule has 18 heavy (non-hydrogen) atoms. The highest BCUT2D eigenvalue weighted by molar-refractivity contribution is 5.92. The average Bonchev–Trinajstić information content (AvgIpc) is 3.10. The van der Waals surface area contributed by atoms with E-state index in [-0.39, 0.29) is 29.5 Å². The Bertz CT molecular complexity index is 593. The molecule has 0 bridgehead atoms. The molecule has 1 aromatic heterocycles. The van der Waals surface area contributed by atoms with Gasteiger partial charge in [0.05, 0.1) is 0 Å². The fourth-order valence-electron chi connectivity index (χ4n) is 1.56. The van der Waals surface area contributed by atoms with E-state index in [1.54, 1.807) is 12.1 Å². The summed E-state index contributed by atoms with van der Waals surface area (Å²) in [5.41, 5.74) is 0.481. The van der Waals surface area contributed by atoms with E-state index in [4.69, 9.17) is 4.42 Å². The number of benzene rings is 1. The van der Waals surface area contributed by atoms with Crippen LogP contribution in [0, 0.1) is 11.7 Å². The van der Waals surface area contributed by atoms with Crippen LogP contribution in [0.1, 0.15) is 12.8 Å². The molecule has 1 N–H and O–H groups in total. The molecule has 1 fully saturated rings. The van der Waals surface area contributed by atoms with Gasteiger partial charge in [-0.15, -0.1) is 5.10 Å². The van der Waals surface area contributed by atoms with Crippen LogP contribution >= 0.6 is 0 Å². The van der Waals surface area contributed by atoms with E-state index in [2.05, 4.69) is 15.5 Å². The van der Waals surface area contributed by atoms with Gasteiger partial charge in [0.15, 0.2) is 0 Å². The van der Waals surface area contributed by atoms with Gasteiger partial charge in [-0.1, -0.05) is 11.2 Å². The van der Waals surface area contributed by atoms with Crippen LogP contribution in [0.5, 0.6) is 0 Å². The van der Waals surface area contributed by atoms with Crippen molar-refractivity contribution in [2.75, 3.05) is 5.32 Å². The number of amides is 1. The summed E-state index contributed by atoms with van der Waals surface area (Å²) < 4.78 is 18.3. The monoisotopic (exact) mass is 247 g/mol. The van der Waals surface area contributed by atoms with Crippen LogP contribution < -0.4 is 5.32 Å². The van der Waals surface area contributed by atoms with E-state index < -0.39 is 0 Å². The van der Waals surface area contributed by atoms with Crippen LogP contribution in [-0.4, -0.2) is 16.1 Å². The molecule has 2 aromatic rings. The number of halogens is 1. The minimum Gasteiger partial charge on any atom is -0.403 e. The quantitative estimate of drug-likeness (QED) is 0.903. The van der Waals surface area contributed by atoms with Crippen molar-refractivity contribution in [2.24, 2.45) is 5.92 Å². The molecule has 5 nitrogen and oxygen atoms in total. The van der Waals surface area contributed by atoms with Gasteiger partial charge in [0.1, 0.15) is 5.82 Å². The molecule has 1 saturated carbocycles. The van der Waals surface area contributed by atoms with E-state index in [1.807, 2.05) is 0 Å². The third kappa shape index (κ3) is 2.22. The Kier molecular flexibility index (Phi) is 2.55. The number of anilines is 1. The van der Waals surface area contributed by atoms with Crippen molar-refractivity contribution < 1.29 is 13.6 Å². The molecule has 0 atom stereocenters. The van der Waals surface area contributed by atoms with Gasteiger partial charge in [-0.2, -0.15) is 0 Å². The molecule has 92 valence electrons. The zero-order valence-corrected chi connectivity index (χ0v) is 9.39. The zero-order chi connectivity index (χ0) is 12.5. The van der Waals surface area contributed by atoms with Crippen LogP contribution in [0.3, 0.4) is 0 Å². The highest BCUT2D eigenvalue weighted by Gasteiger charge is 2.30. The maximum absolute atomic E-state index is 13.0. The molecule has 0 radical (unpaired) electrons. The molecule has 1 aliphatic rings. The van der Waals surface area contributed by atoms with Gasteiger partial charge in [0.25, 0.3) is 0 Å². The van der Waals surface area contributed by atoms with E-state index >= 15 is 0 Å². The first-order chi connectivity index (χ1) is 8.72. The van der Waals surface area contributed by atoms with Crippen LogP contribution in [0.25, 0.3) is 11.5 Å². The minimum atomic E-state index is -0.380. The molecule has 1 aliphatic carbocycles. The number of aromatic nitrogens is 2. The summed E-state index contributed by atoms with van der Waals surface area (Å²) in [5.74, 6) is -0.242. The topological polar surface area (TPSA) is 68.0 Å². The Morgan fingerprint density at radius 1 is 1.39 bits per heavy atom. The SMILES string of the molecule is O=C(Nc1nnc(-c2cccc(F)c2)o1)C1CC1. The van der Waals surface area contributed by atoms with Crippen molar-refractivity contribution in [2.45, 2.75) is 12.8 Å². The number of hydrogen-bond donors (Lipinski definition) is 1. The smallest absolute Gasteiger partial charge is 0.322 e. The fraction of sp³-hybridized carbons (Fsp3) is 0.250. The number of carbonyl (C=O) groups is 1. The second-order valence-electron chi connectivity index (χ2n) is 4.19. The Balaban J connectivity index is 1.78. The summed E-state index contributed by atoms with van der Waals surface area (Å²) in [6, 6.07) is 5.88. The normalized spacial score (nSPS) is 14.5. The van der Waals surface area contributed by atoms with Crippen molar-refractivity contribution in [1.29, 1.82) is 0 Å². The second-order valence-corrected chi connectivity index (χ2v) is 4.19. The van der Waals surface area contributed by atoms with Crippen LogP contribution in [0.15, 0.2) is 28.7 Å². The van der Waals surface area contributed by atoms with Crippen LogP contribution in [0.4, 0.5) is 10.4 Å². The van der Waals surface area contributed by atoms with Gasteiger partial charge in [-0.05, 0) is 31.0 Å². The third-order valence-electron chi connectivity index (χ3n) is 2.67. The van der Waals surface area contributed by atoms with Crippen molar-refractivity contribution in [3.63, 3.8) is 0 Å².